The maximum Gasteiger partial charge on any atom is 0.212 e. The molecule has 22 heavy (non-hydrogen) atoms. The summed E-state index contributed by atoms with van der Waals surface area (Å²) in [7, 11) is 0. The molecule has 2 atom stereocenters. The first-order valence-electron chi connectivity index (χ1n) is 8.19. The van der Waals surface area contributed by atoms with Gasteiger partial charge in [-0.3, -0.25) is 9.88 Å². The zero-order valence-electron chi connectivity index (χ0n) is 13.2. The van der Waals surface area contributed by atoms with Crippen molar-refractivity contribution in [1.82, 2.24) is 9.55 Å². The van der Waals surface area contributed by atoms with Gasteiger partial charge >= 0.3 is 0 Å². The zero-order valence-corrected chi connectivity index (χ0v) is 13.2. The number of aromatic nitrogens is 2. The predicted octanol–water partition coefficient (Wildman–Crippen LogP) is 3.28. The first kappa shape index (κ1) is 13.6. The topological polar surface area (TPSA) is 68.2 Å². The number of rotatable bonds is 1. The van der Waals surface area contributed by atoms with Gasteiger partial charge in [-0.15, -0.1) is 0 Å². The van der Waals surface area contributed by atoms with Crippen LogP contribution in [0.15, 0.2) is 29.3 Å². The van der Waals surface area contributed by atoms with Gasteiger partial charge in [-0.1, -0.05) is 26.0 Å². The number of para-hydroxylation sites is 2. The van der Waals surface area contributed by atoms with E-state index in [1.165, 1.54) is 12.8 Å². The molecule has 5 heteroatoms. The summed E-state index contributed by atoms with van der Waals surface area (Å²) >= 11 is 0. The SMILES string of the molecule is CC(C)C1CCCC2(C1)N=C(N)Nc1nc3ccccc3n12. The molecule has 1 aliphatic carbocycles. The lowest BCUT2D eigenvalue weighted by Crippen LogP contribution is -2.45. The van der Waals surface area contributed by atoms with Gasteiger partial charge in [0.1, 0.15) is 5.66 Å². The van der Waals surface area contributed by atoms with E-state index in [0.717, 1.165) is 29.8 Å². The summed E-state index contributed by atoms with van der Waals surface area (Å²) in [6.07, 6.45) is 4.54. The molecule has 2 heterocycles. The van der Waals surface area contributed by atoms with Crippen LogP contribution in [0.1, 0.15) is 39.5 Å². The molecule has 1 aliphatic heterocycles. The molecule has 1 saturated carbocycles. The van der Waals surface area contributed by atoms with E-state index in [-0.39, 0.29) is 5.66 Å². The Kier molecular flexibility index (Phi) is 2.93. The number of nitrogens with one attached hydrogen (secondary N) is 1. The summed E-state index contributed by atoms with van der Waals surface area (Å²) in [4.78, 5) is 9.59. The van der Waals surface area contributed by atoms with Gasteiger partial charge in [0.25, 0.3) is 0 Å². The number of hydrogen-bond donors (Lipinski definition) is 2. The van der Waals surface area contributed by atoms with Crippen LogP contribution in [-0.2, 0) is 5.66 Å². The zero-order chi connectivity index (χ0) is 15.3. The van der Waals surface area contributed by atoms with Crippen molar-refractivity contribution in [2.24, 2.45) is 22.6 Å². The summed E-state index contributed by atoms with van der Waals surface area (Å²) in [6, 6.07) is 8.27. The highest BCUT2D eigenvalue weighted by Gasteiger charge is 2.43. The van der Waals surface area contributed by atoms with E-state index in [0.29, 0.717) is 17.8 Å². The van der Waals surface area contributed by atoms with Crippen LogP contribution in [0.5, 0.6) is 0 Å². The highest BCUT2D eigenvalue weighted by molar-refractivity contribution is 5.94. The van der Waals surface area contributed by atoms with E-state index in [9.17, 15) is 0 Å². The fourth-order valence-corrected chi connectivity index (χ4v) is 4.09. The van der Waals surface area contributed by atoms with Crippen LogP contribution < -0.4 is 11.1 Å². The third kappa shape index (κ3) is 1.91. The van der Waals surface area contributed by atoms with Crippen molar-refractivity contribution in [2.75, 3.05) is 5.32 Å². The van der Waals surface area contributed by atoms with Crippen LogP contribution >= 0.6 is 0 Å². The van der Waals surface area contributed by atoms with Gasteiger partial charge in [0.2, 0.25) is 5.95 Å². The number of nitrogens with zero attached hydrogens (tertiary/aromatic N) is 3. The minimum Gasteiger partial charge on any atom is -0.370 e. The van der Waals surface area contributed by atoms with E-state index < -0.39 is 0 Å². The molecule has 1 aromatic carbocycles. The molecule has 1 aromatic heterocycles. The smallest absolute Gasteiger partial charge is 0.212 e. The summed E-state index contributed by atoms with van der Waals surface area (Å²) in [5, 5.41) is 3.14. The second-order valence-corrected chi connectivity index (χ2v) is 6.96. The lowest BCUT2D eigenvalue weighted by atomic mass is 9.75. The normalized spacial score (nSPS) is 27.8. The summed E-state index contributed by atoms with van der Waals surface area (Å²) in [5.41, 5.74) is 7.96. The largest absolute Gasteiger partial charge is 0.370 e. The Morgan fingerprint density at radius 3 is 3.00 bits per heavy atom. The first-order chi connectivity index (χ1) is 10.6. The fraction of sp³-hybridized carbons (Fsp3) is 0.529. The monoisotopic (exact) mass is 297 g/mol. The number of aliphatic imine (C=N–C) groups is 1. The van der Waals surface area contributed by atoms with Crippen molar-refractivity contribution in [3.8, 4) is 0 Å². The van der Waals surface area contributed by atoms with Crippen molar-refractivity contribution in [3.63, 3.8) is 0 Å². The molecule has 2 aliphatic rings. The maximum absolute atomic E-state index is 6.08. The second-order valence-electron chi connectivity index (χ2n) is 6.96. The third-order valence-electron chi connectivity index (χ3n) is 5.23. The van der Waals surface area contributed by atoms with E-state index in [1.54, 1.807) is 0 Å². The Morgan fingerprint density at radius 1 is 1.36 bits per heavy atom. The van der Waals surface area contributed by atoms with Gasteiger partial charge in [-0.25, -0.2) is 9.98 Å². The minimum absolute atomic E-state index is 0.270. The number of benzene rings is 1. The average molecular weight is 297 g/mol. The summed E-state index contributed by atoms with van der Waals surface area (Å²) in [5.74, 6) is 2.67. The van der Waals surface area contributed by atoms with Crippen LogP contribution in [0, 0.1) is 11.8 Å². The summed E-state index contributed by atoms with van der Waals surface area (Å²) in [6.45, 7) is 4.62. The van der Waals surface area contributed by atoms with Gasteiger partial charge in [0.05, 0.1) is 11.0 Å². The Balaban J connectivity index is 1.90. The van der Waals surface area contributed by atoms with Crippen molar-refractivity contribution in [2.45, 2.75) is 45.2 Å². The molecule has 0 radical (unpaired) electrons. The van der Waals surface area contributed by atoms with Gasteiger partial charge in [0, 0.05) is 0 Å². The van der Waals surface area contributed by atoms with Crippen molar-refractivity contribution >= 4 is 22.9 Å². The highest BCUT2D eigenvalue weighted by atomic mass is 15.4. The van der Waals surface area contributed by atoms with E-state index in [1.807, 2.05) is 6.07 Å². The van der Waals surface area contributed by atoms with Gasteiger partial charge in [-0.2, -0.15) is 0 Å². The third-order valence-corrected chi connectivity index (χ3v) is 5.23. The number of nitrogens with two attached hydrogens (primary N) is 1. The Hall–Kier alpha value is -2.04. The van der Waals surface area contributed by atoms with E-state index in [2.05, 4.69) is 41.9 Å². The average Bonchev–Trinajstić information content (AvgIpc) is 2.85. The highest BCUT2D eigenvalue weighted by Crippen LogP contribution is 2.46. The lowest BCUT2D eigenvalue weighted by molar-refractivity contribution is 0.129. The van der Waals surface area contributed by atoms with Crippen LogP contribution in [0.3, 0.4) is 0 Å². The van der Waals surface area contributed by atoms with Crippen LogP contribution in [-0.4, -0.2) is 15.5 Å². The molecule has 0 saturated heterocycles. The van der Waals surface area contributed by atoms with Gasteiger partial charge < -0.3 is 5.73 Å². The molecule has 4 rings (SSSR count). The molecule has 2 aromatic rings. The quantitative estimate of drug-likeness (QED) is 0.848. The molecule has 116 valence electrons. The molecule has 1 fully saturated rings. The van der Waals surface area contributed by atoms with E-state index >= 15 is 0 Å². The number of fused-ring (bicyclic) bond motifs is 4. The number of anilines is 1. The van der Waals surface area contributed by atoms with Crippen molar-refractivity contribution < 1.29 is 0 Å². The fourth-order valence-electron chi connectivity index (χ4n) is 4.09. The van der Waals surface area contributed by atoms with Crippen molar-refractivity contribution in [3.05, 3.63) is 24.3 Å². The number of imidazole rings is 1. The van der Waals surface area contributed by atoms with Crippen LogP contribution in [0.25, 0.3) is 11.0 Å². The molecule has 1 spiro atoms. The molecule has 5 nitrogen and oxygen atoms in total. The minimum atomic E-state index is -0.270. The molecule has 0 amide bonds. The van der Waals surface area contributed by atoms with Crippen LogP contribution in [0.2, 0.25) is 0 Å². The molecule has 2 unspecified atom stereocenters. The van der Waals surface area contributed by atoms with E-state index in [4.69, 9.17) is 15.7 Å². The molecular weight excluding hydrogens is 274 g/mol. The summed E-state index contributed by atoms with van der Waals surface area (Å²) < 4.78 is 2.28. The number of hydrogen-bond acceptors (Lipinski definition) is 4. The molecule has 0 bridgehead atoms. The number of guanidine groups is 1. The predicted molar refractivity (Wildman–Crippen MR) is 89.7 cm³/mol. The maximum atomic E-state index is 6.08. The van der Waals surface area contributed by atoms with Crippen LogP contribution in [0.4, 0.5) is 5.95 Å². The second kappa shape index (κ2) is 4.73. The Labute approximate surface area is 130 Å². The first-order valence-corrected chi connectivity index (χ1v) is 8.19. The standard InChI is InChI=1S/C17H23N5/c1-11(2)12-6-5-9-17(10-12)21-15(18)20-16-19-13-7-3-4-8-14(13)22(16)17/h3-4,7-8,11-12H,5-6,9-10H2,1-2H3,(H3,18,19,20,21). The Morgan fingerprint density at radius 2 is 2.18 bits per heavy atom. The lowest BCUT2D eigenvalue weighted by Gasteiger charge is -2.43. The van der Waals surface area contributed by atoms with Gasteiger partial charge in [0.15, 0.2) is 5.96 Å². The molecular formula is C17H23N5. The Bertz CT molecular complexity index is 745. The van der Waals surface area contributed by atoms with Crippen molar-refractivity contribution in [1.29, 1.82) is 0 Å². The van der Waals surface area contributed by atoms with Gasteiger partial charge in [-0.05, 0) is 49.7 Å². The molecule has 3 N–H and O–H groups in total.